The van der Waals surface area contributed by atoms with Crippen molar-refractivity contribution in [2.45, 2.75) is 57.0 Å². The highest BCUT2D eigenvalue weighted by atomic mass is 31.2. The molecule has 4 rings (SSSR count). The number of ether oxygens (including phenoxy) is 2. The van der Waals surface area contributed by atoms with Crippen LogP contribution in [0.4, 0.5) is 10.2 Å². The number of hydrogen-bond acceptors (Lipinski definition) is 12. The third-order valence-electron chi connectivity index (χ3n) is 5.69. The van der Waals surface area contributed by atoms with Gasteiger partial charge in [-0.2, -0.15) is 20.1 Å². The predicted octanol–water partition coefficient (Wildman–Crippen LogP) is 1.82. The molecule has 0 bridgehead atoms. The Morgan fingerprint density at radius 2 is 2.08 bits per heavy atom. The summed E-state index contributed by atoms with van der Waals surface area (Å²) in [5.41, 5.74) is 3.35. The normalized spacial score (nSPS) is 25.2. The first-order chi connectivity index (χ1) is 18.5. The van der Waals surface area contributed by atoms with Crippen LogP contribution < -0.4 is 15.3 Å². The van der Waals surface area contributed by atoms with Gasteiger partial charge in [0.05, 0.1) is 24.3 Å². The van der Waals surface area contributed by atoms with Crippen molar-refractivity contribution in [2.24, 2.45) is 0 Å². The van der Waals surface area contributed by atoms with Crippen molar-refractivity contribution in [3.8, 4) is 11.8 Å². The molecule has 2 aromatic heterocycles. The minimum absolute atomic E-state index is 0.00212. The molecule has 1 fully saturated rings. The standard InChI is InChI=1S/C23H27FN7O7P/c1-13(2)36-22(33)14(3)30-39(34,38-15-7-5-4-6-8-15)35-10-17-18(32)19(24)23(11-25,37-17)31-21-16(9-29-31)20(26)27-12-28-21/h4-9,12-14,17-19,32H,10H2,1-3H3,(H,30,34)(H2,26,27,28)/t14-,17+,18+,19+,23+,39-/m0/s1. The lowest BCUT2D eigenvalue weighted by molar-refractivity contribution is -0.149. The van der Waals surface area contributed by atoms with Gasteiger partial charge < -0.3 is 24.8 Å². The van der Waals surface area contributed by atoms with E-state index in [4.69, 9.17) is 24.3 Å². The number of halogens is 1. The van der Waals surface area contributed by atoms with Crippen LogP contribution in [-0.2, 0) is 29.1 Å². The highest BCUT2D eigenvalue weighted by molar-refractivity contribution is 7.52. The Hall–Kier alpha value is -3.67. The van der Waals surface area contributed by atoms with Gasteiger partial charge in [0.2, 0.25) is 0 Å². The van der Waals surface area contributed by atoms with Crippen molar-refractivity contribution >= 4 is 30.6 Å². The zero-order valence-corrected chi connectivity index (χ0v) is 22.1. The number of nitrogens with zero attached hydrogens (tertiary/aromatic N) is 5. The second-order valence-electron chi connectivity index (χ2n) is 8.94. The molecule has 39 heavy (non-hydrogen) atoms. The Balaban J connectivity index is 1.58. The Labute approximate surface area is 222 Å². The summed E-state index contributed by atoms with van der Waals surface area (Å²) in [6.07, 6.45) is -3.83. The molecule has 4 N–H and O–H groups in total. The van der Waals surface area contributed by atoms with Crippen LogP contribution in [0.15, 0.2) is 42.9 Å². The number of nitrogens with two attached hydrogens (primary N) is 1. The highest BCUT2D eigenvalue weighted by Crippen LogP contribution is 2.47. The molecule has 0 amide bonds. The number of esters is 1. The lowest BCUT2D eigenvalue weighted by Gasteiger charge is -2.25. The minimum Gasteiger partial charge on any atom is -0.462 e. The van der Waals surface area contributed by atoms with Gasteiger partial charge in [0, 0.05) is 0 Å². The Morgan fingerprint density at radius 1 is 1.36 bits per heavy atom. The number of carbonyl (C=O) groups is 1. The molecule has 0 radical (unpaired) electrons. The summed E-state index contributed by atoms with van der Waals surface area (Å²) in [4.78, 5) is 20.2. The summed E-state index contributed by atoms with van der Waals surface area (Å²) in [6.45, 7) is 3.99. The Kier molecular flexibility index (Phi) is 8.15. The van der Waals surface area contributed by atoms with E-state index in [9.17, 15) is 19.7 Å². The first-order valence-corrected chi connectivity index (χ1v) is 13.4. The number of benzene rings is 1. The average molecular weight is 563 g/mol. The van der Waals surface area contributed by atoms with Crippen LogP contribution in [0.2, 0.25) is 0 Å². The van der Waals surface area contributed by atoms with Crippen LogP contribution in [-0.4, -0.2) is 68.0 Å². The van der Waals surface area contributed by atoms with Crippen LogP contribution in [0.5, 0.6) is 5.75 Å². The van der Waals surface area contributed by atoms with E-state index >= 15 is 4.39 Å². The fourth-order valence-electron chi connectivity index (χ4n) is 3.83. The van der Waals surface area contributed by atoms with E-state index < -0.39 is 56.6 Å². The number of rotatable bonds is 10. The molecule has 3 aromatic rings. The molecule has 0 unspecified atom stereocenters. The van der Waals surface area contributed by atoms with Crippen LogP contribution in [0.3, 0.4) is 0 Å². The maximum Gasteiger partial charge on any atom is 0.459 e. The van der Waals surface area contributed by atoms with Crippen molar-refractivity contribution < 1.29 is 37.4 Å². The number of aliphatic hydroxyl groups excluding tert-OH is 1. The zero-order chi connectivity index (χ0) is 28.4. The smallest absolute Gasteiger partial charge is 0.459 e. The molecule has 6 atom stereocenters. The van der Waals surface area contributed by atoms with Crippen molar-refractivity contribution in [2.75, 3.05) is 12.3 Å². The second kappa shape index (κ2) is 11.2. The highest BCUT2D eigenvalue weighted by Gasteiger charge is 2.59. The summed E-state index contributed by atoms with van der Waals surface area (Å²) in [7, 11) is -4.36. The van der Waals surface area contributed by atoms with Gasteiger partial charge in [-0.3, -0.25) is 9.32 Å². The van der Waals surface area contributed by atoms with Crippen molar-refractivity contribution in [3.05, 3.63) is 42.9 Å². The third-order valence-corrected chi connectivity index (χ3v) is 7.34. The number of para-hydroxylation sites is 1. The molecule has 3 heterocycles. The average Bonchev–Trinajstić information content (AvgIpc) is 3.44. The molecule has 0 saturated carbocycles. The maximum atomic E-state index is 15.5. The minimum atomic E-state index is -4.36. The lowest BCUT2D eigenvalue weighted by Crippen LogP contribution is -2.42. The molecule has 1 aromatic carbocycles. The molecule has 0 aliphatic carbocycles. The van der Waals surface area contributed by atoms with Gasteiger partial charge in [-0.05, 0) is 32.9 Å². The third kappa shape index (κ3) is 5.70. The predicted molar refractivity (Wildman–Crippen MR) is 134 cm³/mol. The second-order valence-corrected chi connectivity index (χ2v) is 10.6. The van der Waals surface area contributed by atoms with Gasteiger partial charge >= 0.3 is 13.7 Å². The molecule has 1 aliphatic rings. The molecular weight excluding hydrogens is 536 g/mol. The van der Waals surface area contributed by atoms with Gasteiger partial charge in [0.15, 0.2) is 11.8 Å². The van der Waals surface area contributed by atoms with E-state index in [0.717, 1.165) is 11.0 Å². The van der Waals surface area contributed by atoms with Gasteiger partial charge in [-0.25, -0.2) is 18.9 Å². The van der Waals surface area contributed by atoms with Crippen molar-refractivity contribution in [3.63, 3.8) is 0 Å². The summed E-state index contributed by atoms with van der Waals surface area (Å²) in [6, 6.07) is 8.54. The molecule has 0 spiro atoms. The summed E-state index contributed by atoms with van der Waals surface area (Å²) >= 11 is 0. The SMILES string of the molecule is CC(C)OC(=O)[C@H](C)N[P@](=O)(OC[C@H]1O[C@@](C#N)(n2ncc3c(N)ncnc32)[C@H](F)[C@@H]1O)Oc1ccccc1. The van der Waals surface area contributed by atoms with E-state index in [1.807, 2.05) is 0 Å². The molecule has 1 aliphatic heterocycles. The zero-order valence-electron chi connectivity index (χ0n) is 21.2. The summed E-state index contributed by atoms with van der Waals surface area (Å²) in [5, 5.41) is 27.3. The van der Waals surface area contributed by atoms with E-state index in [1.54, 1.807) is 38.1 Å². The Bertz CT molecular complexity index is 1420. The van der Waals surface area contributed by atoms with Crippen LogP contribution in [0, 0.1) is 11.3 Å². The number of nitrogens with one attached hydrogen (secondary N) is 1. The van der Waals surface area contributed by atoms with Crippen molar-refractivity contribution in [1.82, 2.24) is 24.8 Å². The largest absolute Gasteiger partial charge is 0.462 e. The van der Waals surface area contributed by atoms with E-state index in [2.05, 4.69) is 20.2 Å². The van der Waals surface area contributed by atoms with Crippen LogP contribution in [0.1, 0.15) is 20.8 Å². The fourth-order valence-corrected chi connectivity index (χ4v) is 5.33. The number of anilines is 1. The van der Waals surface area contributed by atoms with E-state index in [1.165, 1.54) is 25.3 Å². The monoisotopic (exact) mass is 563 g/mol. The van der Waals surface area contributed by atoms with E-state index in [-0.39, 0.29) is 22.6 Å². The van der Waals surface area contributed by atoms with Crippen LogP contribution >= 0.6 is 7.75 Å². The van der Waals surface area contributed by atoms with Gasteiger partial charge in [-0.1, -0.05) is 18.2 Å². The molecular formula is C23H27FN7O7P. The number of aliphatic hydroxyl groups is 1. The summed E-state index contributed by atoms with van der Waals surface area (Å²) in [5.74, 6) is -0.536. The molecule has 14 nitrogen and oxygen atoms in total. The van der Waals surface area contributed by atoms with Gasteiger partial charge in [-0.15, -0.1) is 0 Å². The van der Waals surface area contributed by atoms with Gasteiger partial charge in [0.1, 0.15) is 42.2 Å². The lowest BCUT2D eigenvalue weighted by atomic mass is 10.1. The number of nitriles is 1. The molecule has 1 saturated heterocycles. The number of aromatic nitrogens is 4. The van der Waals surface area contributed by atoms with Gasteiger partial charge in [0.25, 0.3) is 5.72 Å². The topological polar surface area (TPSA) is 197 Å². The summed E-state index contributed by atoms with van der Waals surface area (Å²) < 4.78 is 51.9. The first kappa shape index (κ1) is 28.3. The fraction of sp³-hybridized carbons (Fsp3) is 0.435. The van der Waals surface area contributed by atoms with Crippen LogP contribution in [0.25, 0.3) is 11.0 Å². The quantitative estimate of drug-likeness (QED) is 0.239. The maximum absolute atomic E-state index is 15.5. The Morgan fingerprint density at radius 3 is 2.74 bits per heavy atom. The number of fused-ring (bicyclic) bond motifs is 1. The number of carbonyl (C=O) groups excluding carboxylic acids is 1. The number of alkyl halides is 1. The first-order valence-electron chi connectivity index (χ1n) is 11.8. The number of hydrogen-bond donors (Lipinski definition) is 3. The van der Waals surface area contributed by atoms with Crippen molar-refractivity contribution in [1.29, 1.82) is 5.26 Å². The molecule has 208 valence electrons. The van der Waals surface area contributed by atoms with E-state index in [0.29, 0.717) is 0 Å². The molecule has 16 heteroatoms. The number of nitrogen functional groups attached to an aromatic ring is 1.